The highest BCUT2D eigenvalue weighted by molar-refractivity contribution is 5.74. The van der Waals surface area contributed by atoms with E-state index in [0.29, 0.717) is 0 Å². The second kappa shape index (κ2) is 7.45. The Morgan fingerprint density at radius 1 is 0.680 bits per heavy atom. The summed E-state index contributed by atoms with van der Waals surface area (Å²) >= 11 is 0. The van der Waals surface area contributed by atoms with Crippen LogP contribution >= 0.6 is 0 Å². The maximum Gasteiger partial charge on any atom is 0.335 e. The van der Waals surface area contributed by atoms with Crippen molar-refractivity contribution in [3.05, 3.63) is 0 Å². The summed E-state index contributed by atoms with van der Waals surface area (Å²) in [4.78, 5) is 22.2. The first kappa shape index (κ1) is 19.9. The third kappa shape index (κ3) is 3.74. The molecule has 13 nitrogen and oxygen atoms in total. The topological polar surface area (TPSA) is 224 Å². The van der Waals surface area contributed by atoms with Crippen molar-refractivity contribution in [1.29, 1.82) is 0 Å². The Morgan fingerprint density at radius 2 is 1.24 bits per heavy atom. The van der Waals surface area contributed by atoms with Gasteiger partial charge in [-0.2, -0.15) is 0 Å². The minimum Gasteiger partial charge on any atom is -0.479 e. The highest BCUT2D eigenvalue weighted by atomic mass is 16.7. The van der Waals surface area contributed by atoms with Gasteiger partial charge in [0.25, 0.3) is 0 Å². The summed E-state index contributed by atoms with van der Waals surface area (Å²) in [7, 11) is 0. The number of hydrogen-bond donors (Lipinski definition) is 8. The van der Waals surface area contributed by atoms with Crippen molar-refractivity contribution < 1.29 is 64.7 Å². The van der Waals surface area contributed by atoms with E-state index in [1.54, 1.807) is 0 Å². The second-order valence-electron chi connectivity index (χ2n) is 5.60. The van der Waals surface area contributed by atoms with Gasteiger partial charge in [0, 0.05) is 0 Å². The van der Waals surface area contributed by atoms with Crippen LogP contribution in [0.1, 0.15) is 0 Å². The molecular formula is C12H18O13. The van der Waals surface area contributed by atoms with E-state index in [0.717, 1.165) is 0 Å². The van der Waals surface area contributed by atoms with Crippen LogP contribution in [0.4, 0.5) is 0 Å². The lowest BCUT2D eigenvalue weighted by Gasteiger charge is -2.44. The van der Waals surface area contributed by atoms with Gasteiger partial charge in [-0.25, -0.2) is 9.59 Å². The molecule has 2 aliphatic heterocycles. The first-order valence-corrected chi connectivity index (χ1v) is 7.06. The van der Waals surface area contributed by atoms with Crippen LogP contribution < -0.4 is 0 Å². The summed E-state index contributed by atoms with van der Waals surface area (Å²) in [6.07, 6.45) is -19.9. The molecule has 0 radical (unpaired) electrons. The van der Waals surface area contributed by atoms with E-state index in [4.69, 9.17) is 19.7 Å². The molecule has 25 heavy (non-hydrogen) atoms. The Kier molecular flexibility index (Phi) is 5.93. The van der Waals surface area contributed by atoms with Gasteiger partial charge in [0.15, 0.2) is 24.8 Å². The Morgan fingerprint density at radius 3 is 1.76 bits per heavy atom. The van der Waals surface area contributed by atoms with Crippen molar-refractivity contribution in [2.75, 3.05) is 0 Å². The fourth-order valence-electron chi connectivity index (χ4n) is 2.52. The Bertz CT molecular complexity index is 511. The zero-order chi connectivity index (χ0) is 19.0. The molecule has 0 saturated carbocycles. The Hall–Kier alpha value is -1.42. The largest absolute Gasteiger partial charge is 0.479 e. The number of aliphatic hydroxyl groups is 6. The maximum atomic E-state index is 11.2. The van der Waals surface area contributed by atoms with Crippen molar-refractivity contribution in [3.63, 3.8) is 0 Å². The average Bonchev–Trinajstić information content (AvgIpc) is 2.54. The van der Waals surface area contributed by atoms with Crippen LogP contribution in [0.2, 0.25) is 0 Å². The quantitative estimate of drug-likeness (QED) is 0.232. The monoisotopic (exact) mass is 370 g/mol. The first-order chi connectivity index (χ1) is 11.6. The summed E-state index contributed by atoms with van der Waals surface area (Å²) in [5.74, 6) is -3.39. The van der Waals surface area contributed by atoms with Gasteiger partial charge < -0.3 is 55.1 Å². The molecular weight excluding hydrogens is 352 g/mol. The molecule has 2 saturated heterocycles. The smallest absolute Gasteiger partial charge is 0.335 e. The molecule has 0 aromatic carbocycles. The molecule has 0 aromatic rings. The Labute approximate surface area is 139 Å². The number of ether oxygens (including phenoxy) is 3. The van der Waals surface area contributed by atoms with Crippen molar-refractivity contribution >= 4 is 11.9 Å². The number of hydrogen-bond acceptors (Lipinski definition) is 11. The lowest BCUT2D eigenvalue weighted by Crippen LogP contribution is -2.65. The molecule has 0 aliphatic carbocycles. The van der Waals surface area contributed by atoms with Gasteiger partial charge in [0.05, 0.1) is 0 Å². The van der Waals surface area contributed by atoms with Gasteiger partial charge in [-0.1, -0.05) is 0 Å². The summed E-state index contributed by atoms with van der Waals surface area (Å²) < 4.78 is 14.4. The predicted molar refractivity (Wildman–Crippen MR) is 69.7 cm³/mol. The van der Waals surface area contributed by atoms with Crippen LogP contribution in [0.3, 0.4) is 0 Å². The lowest BCUT2D eigenvalue weighted by molar-refractivity contribution is -0.346. The molecule has 0 bridgehead atoms. The molecule has 0 spiro atoms. The first-order valence-electron chi connectivity index (χ1n) is 7.06. The van der Waals surface area contributed by atoms with Gasteiger partial charge in [-0.3, -0.25) is 0 Å². The molecule has 8 N–H and O–H groups in total. The predicted octanol–water partition coefficient (Wildman–Crippen LogP) is -5.21. The standard InChI is InChI=1S/C12H18O13/c13-1-2(14)7(9(18)19)25-12(5(1)17)24-6-3(15)4(16)11(22)23-8(6)10(20)21/h1-8,11-17,22H,(H,18,19)(H,20,21)/t1-,2-,3+,4+,5+,6-,7-,8-,11+,12-/m0/s1. The maximum absolute atomic E-state index is 11.2. The van der Waals surface area contributed by atoms with Crippen molar-refractivity contribution in [2.45, 2.75) is 61.4 Å². The van der Waals surface area contributed by atoms with Crippen LogP contribution in [0.25, 0.3) is 0 Å². The highest BCUT2D eigenvalue weighted by Crippen LogP contribution is 2.28. The highest BCUT2D eigenvalue weighted by Gasteiger charge is 2.53. The summed E-state index contributed by atoms with van der Waals surface area (Å²) in [5.41, 5.74) is 0. The molecule has 2 rings (SSSR count). The second-order valence-corrected chi connectivity index (χ2v) is 5.60. The van der Waals surface area contributed by atoms with Crippen LogP contribution in [0.5, 0.6) is 0 Å². The van der Waals surface area contributed by atoms with E-state index in [9.17, 15) is 40.2 Å². The van der Waals surface area contributed by atoms with Crippen LogP contribution in [0.15, 0.2) is 0 Å². The van der Waals surface area contributed by atoms with Gasteiger partial charge >= 0.3 is 11.9 Å². The minimum absolute atomic E-state index is 1.70. The third-order valence-corrected chi connectivity index (χ3v) is 3.91. The number of carboxylic acid groups (broad SMARTS) is 2. The lowest BCUT2D eigenvalue weighted by atomic mass is 9.96. The molecule has 2 heterocycles. The summed E-state index contributed by atoms with van der Waals surface area (Å²) in [6, 6.07) is 0. The van der Waals surface area contributed by atoms with Gasteiger partial charge in [-0.15, -0.1) is 0 Å². The molecule has 2 aliphatic rings. The summed E-state index contributed by atoms with van der Waals surface area (Å²) in [5, 5.41) is 75.9. The normalized spacial score (nSPS) is 48.1. The van der Waals surface area contributed by atoms with E-state index in [-0.39, 0.29) is 0 Å². The number of carboxylic acids is 2. The zero-order valence-electron chi connectivity index (χ0n) is 12.4. The fourth-order valence-corrected chi connectivity index (χ4v) is 2.52. The van der Waals surface area contributed by atoms with Crippen molar-refractivity contribution in [3.8, 4) is 0 Å². The molecule has 0 amide bonds. The minimum atomic E-state index is -2.03. The molecule has 0 unspecified atom stereocenters. The van der Waals surface area contributed by atoms with Gasteiger partial charge in [0.1, 0.15) is 36.6 Å². The van der Waals surface area contributed by atoms with Crippen LogP contribution in [-0.4, -0.2) is 114 Å². The molecule has 2 fully saturated rings. The number of rotatable bonds is 4. The summed E-state index contributed by atoms with van der Waals surface area (Å²) in [6.45, 7) is 0. The zero-order valence-corrected chi connectivity index (χ0v) is 12.4. The van der Waals surface area contributed by atoms with E-state index in [1.165, 1.54) is 0 Å². The molecule has 0 aromatic heterocycles. The molecule has 13 heteroatoms. The molecule has 144 valence electrons. The average molecular weight is 370 g/mol. The van der Waals surface area contributed by atoms with E-state index in [2.05, 4.69) is 4.74 Å². The van der Waals surface area contributed by atoms with Crippen LogP contribution in [0, 0.1) is 0 Å². The van der Waals surface area contributed by atoms with E-state index < -0.39 is 73.4 Å². The van der Waals surface area contributed by atoms with Gasteiger partial charge in [0.2, 0.25) is 0 Å². The van der Waals surface area contributed by atoms with Crippen molar-refractivity contribution in [1.82, 2.24) is 0 Å². The number of carbonyl (C=O) groups is 2. The third-order valence-electron chi connectivity index (χ3n) is 3.91. The van der Waals surface area contributed by atoms with Crippen LogP contribution in [-0.2, 0) is 23.8 Å². The van der Waals surface area contributed by atoms with E-state index >= 15 is 0 Å². The SMILES string of the molecule is O=C(O)[C@H]1O[C@H](O[C@H]2[C@H](O)[C@@H](O)[C@H](O)O[C@@H]2C(=O)O)[C@H](O)[C@@H](O)[C@@H]1O. The van der Waals surface area contributed by atoms with Crippen molar-refractivity contribution in [2.24, 2.45) is 0 Å². The molecule has 10 atom stereocenters. The number of aliphatic carboxylic acids is 2. The van der Waals surface area contributed by atoms with E-state index in [1.807, 2.05) is 0 Å². The number of aliphatic hydroxyl groups excluding tert-OH is 6. The Balaban J connectivity index is 2.22. The fraction of sp³-hybridized carbons (Fsp3) is 0.833. The van der Waals surface area contributed by atoms with Gasteiger partial charge in [-0.05, 0) is 0 Å².